The topological polar surface area (TPSA) is 69.0 Å². The third kappa shape index (κ3) is 3.43. The zero-order chi connectivity index (χ0) is 14.5. The van der Waals surface area contributed by atoms with E-state index in [0.29, 0.717) is 25.0 Å². The van der Waals surface area contributed by atoms with Gasteiger partial charge in [0.1, 0.15) is 6.33 Å². The van der Waals surface area contributed by atoms with Crippen molar-refractivity contribution in [2.24, 2.45) is 0 Å². The summed E-state index contributed by atoms with van der Waals surface area (Å²) in [7, 11) is 1.66. The Kier molecular flexibility index (Phi) is 4.86. The molecule has 20 heavy (non-hydrogen) atoms. The molecule has 0 atom stereocenters. The highest BCUT2D eigenvalue weighted by Gasteiger charge is 2.16. The first-order valence-electron chi connectivity index (χ1n) is 6.27. The molecule has 0 fully saturated rings. The maximum atomic E-state index is 6.00. The second-order valence-electron chi connectivity index (χ2n) is 4.45. The highest BCUT2D eigenvalue weighted by molar-refractivity contribution is 6.28. The first-order valence-corrected chi connectivity index (χ1v) is 6.65. The molecule has 8 heteroatoms. The van der Waals surface area contributed by atoms with E-state index < -0.39 is 0 Å². The molecule has 0 spiro atoms. The Morgan fingerprint density at radius 1 is 1.35 bits per heavy atom. The lowest BCUT2D eigenvalue weighted by atomic mass is 10.3. The summed E-state index contributed by atoms with van der Waals surface area (Å²) in [5.74, 6) is 0.973. The molecule has 0 radical (unpaired) electrons. The predicted octanol–water partition coefficient (Wildman–Crippen LogP) is 1.57. The molecule has 0 aliphatic heterocycles. The number of anilines is 1. The fraction of sp³-hybridized carbons (Fsp3) is 0.500. The van der Waals surface area contributed by atoms with Gasteiger partial charge in [-0.2, -0.15) is 15.0 Å². The summed E-state index contributed by atoms with van der Waals surface area (Å²) < 4.78 is 6.80. The second-order valence-corrected chi connectivity index (χ2v) is 4.79. The Morgan fingerprint density at radius 3 is 2.75 bits per heavy atom. The molecular weight excluding hydrogens is 280 g/mol. The number of nitrogens with zero attached hydrogens (tertiary/aromatic N) is 6. The van der Waals surface area contributed by atoms with Gasteiger partial charge in [-0.3, -0.25) is 4.57 Å². The van der Waals surface area contributed by atoms with Crippen LogP contribution in [0.1, 0.15) is 13.8 Å². The van der Waals surface area contributed by atoms with Gasteiger partial charge in [-0.25, -0.2) is 4.98 Å². The minimum Gasteiger partial charge on any atom is -0.383 e. The number of hydrogen-bond acceptors (Lipinski definition) is 6. The van der Waals surface area contributed by atoms with Crippen molar-refractivity contribution in [3.05, 3.63) is 24.0 Å². The molecule has 0 aliphatic rings. The Labute approximate surface area is 122 Å². The summed E-state index contributed by atoms with van der Waals surface area (Å²) in [5.41, 5.74) is 0. The van der Waals surface area contributed by atoms with Gasteiger partial charge in [-0.05, 0) is 25.4 Å². The van der Waals surface area contributed by atoms with Crippen LogP contribution in [0, 0.1) is 0 Å². The summed E-state index contributed by atoms with van der Waals surface area (Å²) in [5, 5.41) is 0.154. The smallest absolute Gasteiger partial charge is 0.241 e. The van der Waals surface area contributed by atoms with Crippen molar-refractivity contribution >= 4 is 17.5 Å². The fourth-order valence-electron chi connectivity index (χ4n) is 1.73. The van der Waals surface area contributed by atoms with Crippen molar-refractivity contribution in [2.75, 3.05) is 25.2 Å². The average molecular weight is 297 g/mol. The molecule has 2 rings (SSSR count). The van der Waals surface area contributed by atoms with Crippen LogP contribution in [0.5, 0.6) is 0 Å². The third-order valence-electron chi connectivity index (χ3n) is 2.74. The SMILES string of the molecule is COCCN(c1nc(Cl)nc(-n2ccnc2)n1)C(C)C. The van der Waals surface area contributed by atoms with E-state index in [-0.39, 0.29) is 11.3 Å². The van der Waals surface area contributed by atoms with Crippen LogP contribution in [0.4, 0.5) is 5.95 Å². The quantitative estimate of drug-likeness (QED) is 0.806. The standard InChI is InChI=1S/C12H17ClN6O/c1-9(2)19(6-7-20-3)12-16-10(13)15-11(17-12)18-5-4-14-8-18/h4-5,8-9H,6-7H2,1-3H3. The zero-order valence-electron chi connectivity index (χ0n) is 11.7. The predicted molar refractivity (Wildman–Crippen MR) is 76.3 cm³/mol. The maximum absolute atomic E-state index is 6.00. The van der Waals surface area contributed by atoms with Gasteiger partial charge in [-0.15, -0.1) is 0 Å². The molecule has 2 aromatic heterocycles. The molecule has 2 heterocycles. The van der Waals surface area contributed by atoms with Gasteiger partial charge in [0.15, 0.2) is 0 Å². The summed E-state index contributed by atoms with van der Waals surface area (Å²) in [6.07, 6.45) is 5.02. The van der Waals surface area contributed by atoms with Gasteiger partial charge in [0.2, 0.25) is 17.2 Å². The van der Waals surface area contributed by atoms with Gasteiger partial charge in [0, 0.05) is 32.1 Å². The van der Waals surface area contributed by atoms with Crippen LogP contribution in [-0.2, 0) is 4.74 Å². The molecule has 0 saturated carbocycles. The minimum atomic E-state index is 0.154. The Hall–Kier alpha value is -1.73. The van der Waals surface area contributed by atoms with E-state index >= 15 is 0 Å². The highest BCUT2D eigenvalue weighted by Crippen LogP contribution is 2.15. The lowest BCUT2D eigenvalue weighted by Crippen LogP contribution is -2.35. The van der Waals surface area contributed by atoms with Crippen molar-refractivity contribution in [3.8, 4) is 5.95 Å². The summed E-state index contributed by atoms with van der Waals surface area (Å²) in [6, 6.07) is 0.222. The molecule has 0 aliphatic carbocycles. The second kappa shape index (κ2) is 6.62. The summed E-state index contributed by atoms with van der Waals surface area (Å²) in [6.45, 7) is 5.38. The molecule has 0 aromatic carbocycles. The Balaban J connectivity index is 2.34. The van der Waals surface area contributed by atoms with Crippen molar-refractivity contribution in [1.82, 2.24) is 24.5 Å². The summed E-state index contributed by atoms with van der Waals surface area (Å²) >= 11 is 6.00. The van der Waals surface area contributed by atoms with E-state index in [1.807, 2.05) is 4.90 Å². The largest absolute Gasteiger partial charge is 0.383 e. The number of aromatic nitrogens is 5. The van der Waals surface area contributed by atoms with E-state index in [9.17, 15) is 0 Å². The normalized spacial score (nSPS) is 11.1. The molecule has 0 amide bonds. The van der Waals surface area contributed by atoms with E-state index in [0.717, 1.165) is 0 Å². The molecule has 7 nitrogen and oxygen atoms in total. The van der Waals surface area contributed by atoms with Gasteiger partial charge >= 0.3 is 0 Å². The van der Waals surface area contributed by atoms with Gasteiger partial charge in [0.05, 0.1) is 6.61 Å². The van der Waals surface area contributed by atoms with Crippen LogP contribution < -0.4 is 4.90 Å². The maximum Gasteiger partial charge on any atom is 0.241 e. The zero-order valence-corrected chi connectivity index (χ0v) is 12.4. The molecule has 108 valence electrons. The lowest BCUT2D eigenvalue weighted by molar-refractivity contribution is 0.203. The molecule has 2 aromatic rings. The van der Waals surface area contributed by atoms with Gasteiger partial charge in [0.25, 0.3) is 0 Å². The van der Waals surface area contributed by atoms with Crippen LogP contribution in [0.25, 0.3) is 5.95 Å². The van der Waals surface area contributed by atoms with Crippen LogP contribution in [0.2, 0.25) is 5.28 Å². The van der Waals surface area contributed by atoms with E-state index in [1.54, 1.807) is 30.4 Å². The number of ether oxygens (including phenoxy) is 1. The minimum absolute atomic E-state index is 0.154. The fourth-order valence-corrected chi connectivity index (χ4v) is 1.88. The number of halogens is 1. The number of methoxy groups -OCH3 is 1. The molecule has 0 bridgehead atoms. The average Bonchev–Trinajstić information content (AvgIpc) is 2.92. The van der Waals surface area contributed by atoms with Crippen molar-refractivity contribution in [3.63, 3.8) is 0 Å². The number of rotatable bonds is 6. The summed E-state index contributed by atoms with van der Waals surface area (Å²) in [4.78, 5) is 18.7. The van der Waals surface area contributed by atoms with E-state index in [4.69, 9.17) is 16.3 Å². The van der Waals surface area contributed by atoms with Crippen LogP contribution in [0.3, 0.4) is 0 Å². The number of hydrogen-bond donors (Lipinski definition) is 0. The van der Waals surface area contributed by atoms with Crippen molar-refractivity contribution in [1.29, 1.82) is 0 Å². The van der Waals surface area contributed by atoms with Crippen LogP contribution in [-0.4, -0.2) is 50.8 Å². The third-order valence-corrected chi connectivity index (χ3v) is 2.91. The molecule has 0 saturated heterocycles. The molecule has 0 N–H and O–H groups in total. The Morgan fingerprint density at radius 2 is 2.15 bits per heavy atom. The van der Waals surface area contributed by atoms with Crippen LogP contribution >= 0.6 is 11.6 Å². The van der Waals surface area contributed by atoms with E-state index in [1.165, 1.54) is 0 Å². The van der Waals surface area contributed by atoms with E-state index in [2.05, 4.69) is 33.8 Å². The first kappa shape index (κ1) is 14.7. The number of imidazole rings is 1. The van der Waals surface area contributed by atoms with Crippen LogP contribution in [0.15, 0.2) is 18.7 Å². The van der Waals surface area contributed by atoms with Gasteiger partial charge in [-0.1, -0.05) is 0 Å². The van der Waals surface area contributed by atoms with Crippen molar-refractivity contribution < 1.29 is 4.74 Å². The van der Waals surface area contributed by atoms with Crippen molar-refractivity contribution in [2.45, 2.75) is 19.9 Å². The molecular formula is C12H17ClN6O. The van der Waals surface area contributed by atoms with Gasteiger partial charge < -0.3 is 9.64 Å². The molecule has 0 unspecified atom stereocenters. The Bertz CT molecular complexity index is 545. The first-order chi connectivity index (χ1) is 9.61. The lowest BCUT2D eigenvalue weighted by Gasteiger charge is -2.26. The highest BCUT2D eigenvalue weighted by atomic mass is 35.5. The monoisotopic (exact) mass is 296 g/mol.